The second-order valence-corrected chi connectivity index (χ2v) is 7.41. The van der Waals surface area contributed by atoms with Crippen molar-refractivity contribution in [2.45, 2.75) is 45.4 Å². The van der Waals surface area contributed by atoms with Gasteiger partial charge in [0.25, 0.3) is 5.91 Å². The molecular weight excluding hydrogens is 328 g/mol. The third-order valence-corrected chi connectivity index (χ3v) is 5.41. The zero-order valence-corrected chi connectivity index (χ0v) is 15.8. The summed E-state index contributed by atoms with van der Waals surface area (Å²) in [6, 6.07) is 7.51. The van der Waals surface area contributed by atoms with Crippen LogP contribution in [0.3, 0.4) is 0 Å². The smallest absolute Gasteiger partial charge is 0.253 e. The van der Waals surface area contributed by atoms with E-state index in [1.165, 1.54) is 0 Å². The lowest BCUT2D eigenvalue weighted by Crippen LogP contribution is -2.39. The lowest BCUT2D eigenvalue weighted by molar-refractivity contribution is -0.132. The number of benzene rings is 1. The summed E-state index contributed by atoms with van der Waals surface area (Å²) >= 11 is 0. The van der Waals surface area contributed by atoms with Gasteiger partial charge in [0, 0.05) is 38.2 Å². The summed E-state index contributed by atoms with van der Waals surface area (Å²) in [5, 5.41) is 0. The lowest BCUT2D eigenvalue weighted by atomic mass is 9.97. The summed E-state index contributed by atoms with van der Waals surface area (Å²) in [7, 11) is 0. The molecule has 0 radical (unpaired) electrons. The molecule has 2 aliphatic heterocycles. The van der Waals surface area contributed by atoms with Crippen molar-refractivity contribution in [3.8, 4) is 5.75 Å². The van der Waals surface area contributed by atoms with E-state index in [1.54, 1.807) is 0 Å². The number of amides is 2. The number of carbonyl (C=O) groups is 2. The van der Waals surface area contributed by atoms with Crippen molar-refractivity contribution >= 4 is 11.8 Å². The van der Waals surface area contributed by atoms with Gasteiger partial charge in [0.2, 0.25) is 5.91 Å². The molecule has 0 unspecified atom stereocenters. The van der Waals surface area contributed by atoms with Crippen molar-refractivity contribution in [1.29, 1.82) is 0 Å². The van der Waals surface area contributed by atoms with Gasteiger partial charge in [0.15, 0.2) is 0 Å². The molecular formula is C21H30N2O3. The standard InChI is InChI=1S/C21H30N2O3/c1-2-5-20(24)22-14-10-17(11-15-22)16-26-19-8-6-18(7-9-19)21(25)23-12-3-4-13-23/h6-9,17H,2-5,10-16H2,1H3. The number of likely N-dealkylation sites (tertiary alicyclic amines) is 2. The molecule has 3 rings (SSSR count). The number of piperidine rings is 1. The predicted octanol–water partition coefficient (Wildman–Crippen LogP) is 3.34. The van der Waals surface area contributed by atoms with Gasteiger partial charge in [0.1, 0.15) is 5.75 Å². The van der Waals surface area contributed by atoms with Gasteiger partial charge in [-0.3, -0.25) is 9.59 Å². The Morgan fingerprint density at radius 1 is 1.00 bits per heavy atom. The molecule has 142 valence electrons. The quantitative estimate of drug-likeness (QED) is 0.784. The molecule has 0 aliphatic carbocycles. The molecule has 0 atom stereocenters. The van der Waals surface area contributed by atoms with E-state index in [-0.39, 0.29) is 11.8 Å². The van der Waals surface area contributed by atoms with Crippen LogP contribution in [0.1, 0.15) is 55.8 Å². The molecule has 5 nitrogen and oxygen atoms in total. The Morgan fingerprint density at radius 3 is 2.27 bits per heavy atom. The van der Waals surface area contributed by atoms with Crippen molar-refractivity contribution in [3.05, 3.63) is 29.8 Å². The van der Waals surface area contributed by atoms with Crippen molar-refractivity contribution in [2.75, 3.05) is 32.8 Å². The van der Waals surface area contributed by atoms with Gasteiger partial charge in [-0.05, 0) is 62.3 Å². The lowest BCUT2D eigenvalue weighted by Gasteiger charge is -2.32. The maximum Gasteiger partial charge on any atom is 0.253 e. The Kier molecular flexibility index (Phi) is 6.53. The maximum absolute atomic E-state index is 12.3. The van der Waals surface area contributed by atoms with Gasteiger partial charge >= 0.3 is 0 Å². The second-order valence-electron chi connectivity index (χ2n) is 7.41. The van der Waals surface area contributed by atoms with Crippen molar-refractivity contribution in [2.24, 2.45) is 5.92 Å². The van der Waals surface area contributed by atoms with Crippen LogP contribution >= 0.6 is 0 Å². The fraction of sp³-hybridized carbons (Fsp3) is 0.619. The first-order chi connectivity index (χ1) is 12.7. The van der Waals surface area contributed by atoms with Crippen LogP contribution < -0.4 is 4.74 Å². The van der Waals surface area contributed by atoms with Gasteiger partial charge in [-0.25, -0.2) is 0 Å². The summed E-state index contributed by atoms with van der Waals surface area (Å²) < 4.78 is 5.92. The normalized spacial score (nSPS) is 18.2. The van der Waals surface area contributed by atoms with Crippen LogP contribution in [0, 0.1) is 5.92 Å². The summed E-state index contributed by atoms with van der Waals surface area (Å²) in [6.45, 7) is 6.15. The summed E-state index contributed by atoms with van der Waals surface area (Å²) in [4.78, 5) is 28.2. The van der Waals surface area contributed by atoms with Gasteiger partial charge in [0.05, 0.1) is 6.61 Å². The van der Waals surface area contributed by atoms with Crippen LogP contribution in [0.4, 0.5) is 0 Å². The van der Waals surface area contributed by atoms with Crippen LogP contribution in [0.15, 0.2) is 24.3 Å². The average Bonchev–Trinajstić information content (AvgIpc) is 3.21. The maximum atomic E-state index is 12.3. The van der Waals surface area contributed by atoms with Crippen molar-refractivity contribution < 1.29 is 14.3 Å². The SMILES string of the molecule is CCCC(=O)N1CCC(COc2ccc(C(=O)N3CCCC3)cc2)CC1. The Balaban J connectivity index is 1.42. The fourth-order valence-corrected chi connectivity index (χ4v) is 3.73. The van der Waals surface area contributed by atoms with Gasteiger partial charge < -0.3 is 14.5 Å². The molecule has 1 aromatic rings. The molecule has 1 aromatic carbocycles. The molecule has 0 aromatic heterocycles. The van der Waals surface area contributed by atoms with Gasteiger partial charge in [-0.15, -0.1) is 0 Å². The molecule has 2 fully saturated rings. The fourth-order valence-electron chi connectivity index (χ4n) is 3.73. The number of hydrogen-bond donors (Lipinski definition) is 0. The van der Waals surface area contributed by atoms with Crippen molar-refractivity contribution in [1.82, 2.24) is 9.80 Å². The first-order valence-corrected chi connectivity index (χ1v) is 9.97. The third kappa shape index (κ3) is 4.77. The summed E-state index contributed by atoms with van der Waals surface area (Å²) in [6.07, 6.45) is 5.79. The first-order valence-electron chi connectivity index (χ1n) is 9.97. The Bertz CT molecular complexity index is 600. The van der Waals surface area contributed by atoms with Crippen LogP contribution in [-0.2, 0) is 4.79 Å². The van der Waals surface area contributed by atoms with Crippen molar-refractivity contribution in [3.63, 3.8) is 0 Å². The minimum absolute atomic E-state index is 0.123. The van der Waals surface area contributed by atoms with E-state index >= 15 is 0 Å². The van der Waals surface area contributed by atoms with Crippen LogP contribution in [-0.4, -0.2) is 54.4 Å². The molecule has 2 heterocycles. The van der Waals surface area contributed by atoms with Gasteiger partial charge in [-0.1, -0.05) is 6.92 Å². The topological polar surface area (TPSA) is 49.9 Å². The third-order valence-electron chi connectivity index (χ3n) is 5.41. The van der Waals surface area contributed by atoms with E-state index in [9.17, 15) is 9.59 Å². The second kappa shape index (κ2) is 9.06. The summed E-state index contributed by atoms with van der Waals surface area (Å²) in [5.74, 6) is 1.71. The highest BCUT2D eigenvalue weighted by atomic mass is 16.5. The van der Waals surface area contributed by atoms with E-state index < -0.39 is 0 Å². The van der Waals surface area contributed by atoms with Crippen LogP contribution in [0.5, 0.6) is 5.75 Å². The highest BCUT2D eigenvalue weighted by Crippen LogP contribution is 2.21. The Labute approximate surface area is 156 Å². The van der Waals surface area contributed by atoms with Crippen LogP contribution in [0.25, 0.3) is 0 Å². The number of nitrogens with zero attached hydrogens (tertiary/aromatic N) is 2. The molecule has 0 spiro atoms. The average molecular weight is 358 g/mol. The van der Waals surface area contributed by atoms with E-state index in [0.717, 1.165) is 69.6 Å². The molecule has 26 heavy (non-hydrogen) atoms. The van der Waals surface area contributed by atoms with E-state index in [4.69, 9.17) is 4.74 Å². The van der Waals surface area contributed by atoms with Crippen LogP contribution in [0.2, 0.25) is 0 Å². The van der Waals surface area contributed by atoms with Gasteiger partial charge in [-0.2, -0.15) is 0 Å². The summed E-state index contributed by atoms with van der Waals surface area (Å²) in [5.41, 5.74) is 0.738. The zero-order valence-electron chi connectivity index (χ0n) is 15.8. The predicted molar refractivity (Wildman–Crippen MR) is 101 cm³/mol. The highest BCUT2D eigenvalue weighted by molar-refractivity contribution is 5.94. The minimum atomic E-state index is 0.123. The number of rotatable bonds is 6. The van der Waals surface area contributed by atoms with E-state index in [2.05, 4.69) is 0 Å². The Hall–Kier alpha value is -2.04. The molecule has 0 N–H and O–H groups in total. The monoisotopic (exact) mass is 358 g/mol. The molecule has 0 saturated carbocycles. The molecule has 2 aliphatic rings. The largest absolute Gasteiger partial charge is 0.493 e. The molecule has 2 saturated heterocycles. The number of carbonyl (C=O) groups excluding carboxylic acids is 2. The Morgan fingerprint density at radius 2 is 1.65 bits per heavy atom. The number of hydrogen-bond acceptors (Lipinski definition) is 3. The first kappa shape index (κ1) is 18.7. The highest BCUT2D eigenvalue weighted by Gasteiger charge is 2.23. The number of ether oxygens (including phenoxy) is 1. The van der Waals surface area contributed by atoms with E-state index in [0.29, 0.717) is 18.9 Å². The van der Waals surface area contributed by atoms with E-state index in [1.807, 2.05) is 41.0 Å². The molecule has 0 bridgehead atoms. The molecule has 2 amide bonds. The molecule has 5 heteroatoms. The zero-order chi connectivity index (χ0) is 18.4. The minimum Gasteiger partial charge on any atom is -0.493 e.